The van der Waals surface area contributed by atoms with Gasteiger partial charge in [-0.1, -0.05) is 17.7 Å². The number of benzene rings is 1. The van der Waals surface area contributed by atoms with Crippen LogP contribution in [-0.4, -0.2) is 9.91 Å². The highest BCUT2D eigenvalue weighted by molar-refractivity contribution is 7.11. The van der Waals surface area contributed by atoms with Crippen LogP contribution >= 0.6 is 22.9 Å². The first-order valence-electron chi connectivity index (χ1n) is 5.49. The first kappa shape index (κ1) is 14.2. The first-order valence-corrected chi connectivity index (χ1v) is 6.75. The monoisotopic (exact) mass is 305 g/mol. The average Bonchev–Trinajstić information content (AvgIpc) is 2.84. The number of allylic oxidation sites excluding steroid dienone is 1. The summed E-state index contributed by atoms with van der Waals surface area (Å²) in [4.78, 5) is 14.5. The molecular weight excluding hydrogens is 298 g/mol. The lowest BCUT2D eigenvalue weighted by Gasteiger charge is -1.98. The smallest absolute Gasteiger partial charge is 0.258 e. The number of aryl methyl sites for hydroxylation is 1. The van der Waals surface area contributed by atoms with Crippen molar-refractivity contribution >= 4 is 40.3 Å². The van der Waals surface area contributed by atoms with E-state index in [0.717, 1.165) is 5.69 Å². The fraction of sp³-hybridized carbons (Fsp3) is 0.0769. The molecule has 0 saturated heterocycles. The van der Waals surface area contributed by atoms with E-state index in [9.17, 15) is 15.4 Å². The Morgan fingerprint density at radius 2 is 2.35 bits per heavy atom. The van der Waals surface area contributed by atoms with Crippen molar-refractivity contribution in [2.45, 2.75) is 6.92 Å². The van der Waals surface area contributed by atoms with E-state index in [1.54, 1.807) is 12.1 Å². The minimum Gasteiger partial charge on any atom is -0.258 e. The van der Waals surface area contributed by atoms with Gasteiger partial charge in [0.1, 0.15) is 16.1 Å². The number of halogens is 1. The van der Waals surface area contributed by atoms with Crippen LogP contribution in [0.1, 0.15) is 16.3 Å². The number of nitrogens with zero attached hydrogens (tertiary/aromatic N) is 3. The summed E-state index contributed by atoms with van der Waals surface area (Å²) < 4.78 is 0. The van der Waals surface area contributed by atoms with Gasteiger partial charge >= 0.3 is 0 Å². The normalized spacial score (nSPS) is 11.2. The lowest BCUT2D eigenvalue weighted by molar-refractivity contribution is -0.384. The SMILES string of the molecule is Cc1csc(/C(C#N)=C/c2ccc(Cl)c([N+](=O)[O-])c2)n1. The van der Waals surface area contributed by atoms with Crippen molar-refractivity contribution in [1.29, 1.82) is 5.26 Å². The molecule has 0 spiro atoms. The van der Waals surface area contributed by atoms with Crippen molar-refractivity contribution in [3.63, 3.8) is 0 Å². The maximum atomic E-state index is 10.8. The van der Waals surface area contributed by atoms with Crippen LogP contribution in [0.3, 0.4) is 0 Å². The number of nitriles is 1. The number of aromatic nitrogens is 1. The van der Waals surface area contributed by atoms with Gasteiger partial charge in [-0.3, -0.25) is 10.1 Å². The van der Waals surface area contributed by atoms with Gasteiger partial charge in [0.25, 0.3) is 5.69 Å². The topological polar surface area (TPSA) is 79.8 Å². The van der Waals surface area contributed by atoms with E-state index < -0.39 is 4.92 Å². The van der Waals surface area contributed by atoms with Crippen molar-refractivity contribution < 1.29 is 4.92 Å². The van der Waals surface area contributed by atoms with Crippen LogP contribution in [-0.2, 0) is 0 Å². The molecule has 20 heavy (non-hydrogen) atoms. The summed E-state index contributed by atoms with van der Waals surface area (Å²) in [7, 11) is 0. The summed E-state index contributed by atoms with van der Waals surface area (Å²) in [6, 6.07) is 6.44. The third kappa shape index (κ3) is 3.02. The molecule has 100 valence electrons. The fourth-order valence-electron chi connectivity index (χ4n) is 1.55. The van der Waals surface area contributed by atoms with Gasteiger partial charge in [0.05, 0.1) is 10.5 Å². The zero-order valence-electron chi connectivity index (χ0n) is 10.3. The summed E-state index contributed by atoms with van der Waals surface area (Å²) in [5.41, 5.74) is 1.53. The van der Waals surface area contributed by atoms with Crippen molar-refractivity contribution in [3.8, 4) is 6.07 Å². The van der Waals surface area contributed by atoms with Gasteiger partial charge in [0.15, 0.2) is 0 Å². The summed E-state index contributed by atoms with van der Waals surface area (Å²) >= 11 is 7.10. The van der Waals surface area contributed by atoms with E-state index in [2.05, 4.69) is 4.98 Å². The molecule has 0 unspecified atom stereocenters. The van der Waals surface area contributed by atoms with Gasteiger partial charge in [-0.2, -0.15) is 5.26 Å². The molecule has 0 saturated carbocycles. The van der Waals surface area contributed by atoms with Crippen molar-refractivity contribution in [2.24, 2.45) is 0 Å². The third-order valence-corrected chi connectivity index (χ3v) is 3.76. The lowest BCUT2D eigenvalue weighted by Crippen LogP contribution is -1.90. The molecule has 0 bridgehead atoms. The molecule has 1 aromatic heterocycles. The summed E-state index contributed by atoms with van der Waals surface area (Å²) in [6.45, 7) is 1.84. The summed E-state index contributed by atoms with van der Waals surface area (Å²) in [5.74, 6) is 0. The minimum atomic E-state index is -0.556. The molecular formula is C13H8ClN3O2S. The lowest BCUT2D eigenvalue weighted by atomic mass is 10.1. The van der Waals surface area contributed by atoms with Crippen LogP contribution in [0.2, 0.25) is 5.02 Å². The number of nitro groups is 1. The van der Waals surface area contributed by atoms with E-state index in [1.807, 2.05) is 18.4 Å². The highest BCUT2D eigenvalue weighted by Gasteiger charge is 2.13. The zero-order chi connectivity index (χ0) is 14.7. The second-order valence-corrected chi connectivity index (χ2v) is 5.20. The van der Waals surface area contributed by atoms with Gasteiger partial charge < -0.3 is 0 Å². The Morgan fingerprint density at radius 3 is 2.90 bits per heavy atom. The van der Waals surface area contributed by atoms with Crippen molar-refractivity contribution in [1.82, 2.24) is 4.98 Å². The van der Waals surface area contributed by atoms with Crippen LogP contribution in [0, 0.1) is 28.4 Å². The maximum absolute atomic E-state index is 10.8. The Labute approximate surface area is 123 Å². The van der Waals surface area contributed by atoms with Gasteiger partial charge in [-0.15, -0.1) is 11.3 Å². The molecule has 5 nitrogen and oxygen atoms in total. The van der Waals surface area contributed by atoms with Crippen molar-refractivity contribution in [2.75, 3.05) is 0 Å². The zero-order valence-corrected chi connectivity index (χ0v) is 11.9. The molecule has 0 amide bonds. The Bertz CT molecular complexity index is 746. The Kier molecular flexibility index (Phi) is 4.13. The van der Waals surface area contributed by atoms with Gasteiger partial charge in [-0.25, -0.2) is 4.98 Å². The number of hydrogen-bond acceptors (Lipinski definition) is 5. The fourth-order valence-corrected chi connectivity index (χ4v) is 2.50. The largest absolute Gasteiger partial charge is 0.288 e. The van der Waals surface area contributed by atoms with E-state index >= 15 is 0 Å². The molecule has 0 aliphatic carbocycles. The molecule has 2 aromatic rings. The van der Waals surface area contributed by atoms with Crippen molar-refractivity contribution in [3.05, 3.63) is 55.0 Å². The first-order chi connectivity index (χ1) is 9.51. The van der Waals surface area contributed by atoms with Gasteiger partial charge in [-0.05, 0) is 24.6 Å². The second-order valence-electron chi connectivity index (χ2n) is 3.93. The number of rotatable bonds is 3. The Morgan fingerprint density at radius 1 is 1.60 bits per heavy atom. The van der Waals surface area contributed by atoms with Crippen LogP contribution in [0.15, 0.2) is 23.6 Å². The van der Waals surface area contributed by atoms with Crippen LogP contribution in [0.5, 0.6) is 0 Å². The Balaban J connectivity index is 2.46. The summed E-state index contributed by atoms with van der Waals surface area (Å²) in [6.07, 6.45) is 1.56. The Hall–Kier alpha value is -2.23. The van der Waals surface area contributed by atoms with E-state index in [1.165, 1.54) is 23.5 Å². The predicted molar refractivity (Wildman–Crippen MR) is 78.4 cm³/mol. The molecule has 0 radical (unpaired) electrons. The average molecular weight is 306 g/mol. The molecule has 0 N–H and O–H groups in total. The van der Waals surface area contributed by atoms with E-state index in [-0.39, 0.29) is 10.7 Å². The number of thiazole rings is 1. The molecule has 7 heteroatoms. The molecule has 0 atom stereocenters. The van der Waals surface area contributed by atoms with E-state index in [0.29, 0.717) is 16.1 Å². The van der Waals surface area contributed by atoms with Gasteiger partial charge in [0, 0.05) is 17.1 Å². The minimum absolute atomic E-state index is 0.0655. The molecule has 1 aromatic carbocycles. The predicted octanol–water partition coefficient (Wildman–Crippen LogP) is 4.08. The quantitative estimate of drug-likeness (QED) is 0.486. The molecule has 2 rings (SSSR count). The number of nitro benzene ring substituents is 1. The second kappa shape index (κ2) is 5.82. The molecule has 1 heterocycles. The number of hydrogen-bond donors (Lipinski definition) is 0. The van der Waals surface area contributed by atoms with Crippen LogP contribution < -0.4 is 0 Å². The molecule has 0 aliphatic rings. The maximum Gasteiger partial charge on any atom is 0.288 e. The highest BCUT2D eigenvalue weighted by atomic mass is 35.5. The molecule has 0 aliphatic heterocycles. The van der Waals surface area contributed by atoms with Crippen LogP contribution in [0.25, 0.3) is 11.6 Å². The highest BCUT2D eigenvalue weighted by Crippen LogP contribution is 2.28. The standard InChI is InChI=1S/C13H8ClN3O2S/c1-8-7-20-13(16-8)10(6-15)4-9-2-3-11(14)12(5-9)17(18)19/h2-5,7H,1H3/b10-4+. The molecule has 0 fully saturated rings. The third-order valence-electron chi connectivity index (χ3n) is 2.45. The van der Waals surface area contributed by atoms with E-state index in [4.69, 9.17) is 11.6 Å². The summed E-state index contributed by atoms with van der Waals surface area (Å²) in [5, 5.41) is 22.5. The van der Waals surface area contributed by atoms with Gasteiger partial charge in [0.2, 0.25) is 0 Å². The van der Waals surface area contributed by atoms with Crippen LogP contribution in [0.4, 0.5) is 5.69 Å².